The molecule has 4 rings (SSSR count). The standard InChI is InChI=1S/C20H16ClFN4O3S/c21-15-6-2-1-5-14(15)19-24-17(13-23)20(29-19)25-9-11-26(12-10-25)30(27,28)18-8-4-3-7-16(18)22/h1-8H,9-12H2. The van der Waals surface area contributed by atoms with Crippen LogP contribution in [0.3, 0.4) is 0 Å². The van der Waals surface area contributed by atoms with Gasteiger partial charge in [0, 0.05) is 26.2 Å². The van der Waals surface area contributed by atoms with Crippen LogP contribution in [0.2, 0.25) is 5.02 Å². The number of nitrogens with zero attached hydrogens (tertiary/aromatic N) is 4. The molecule has 0 bridgehead atoms. The van der Waals surface area contributed by atoms with Crippen molar-refractivity contribution in [2.75, 3.05) is 31.1 Å². The third kappa shape index (κ3) is 3.65. The molecule has 0 N–H and O–H groups in total. The number of benzene rings is 2. The molecular formula is C20H16ClFN4O3S. The molecular weight excluding hydrogens is 431 g/mol. The molecule has 0 saturated carbocycles. The molecule has 7 nitrogen and oxygen atoms in total. The Hall–Kier alpha value is -2.93. The van der Waals surface area contributed by atoms with Gasteiger partial charge in [-0.15, -0.1) is 0 Å². The number of halogens is 2. The van der Waals surface area contributed by atoms with Gasteiger partial charge in [-0.1, -0.05) is 35.9 Å². The van der Waals surface area contributed by atoms with E-state index in [-0.39, 0.29) is 48.5 Å². The van der Waals surface area contributed by atoms with E-state index in [1.54, 1.807) is 29.2 Å². The monoisotopic (exact) mass is 446 g/mol. The quantitative estimate of drug-likeness (QED) is 0.609. The van der Waals surface area contributed by atoms with E-state index in [2.05, 4.69) is 4.98 Å². The lowest BCUT2D eigenvalue weighted by atomic mass is 10.2. The number of hydrogen-bond acceptors (Lipinski definition) is 6. The zero-order valence-electron chi connectivity index (χ0n) is 15.6. The summed E-state index contributed by atoms with van der Waals surface area (Å²) in [5, 5.41) is 9.90. The molecule has 0 amide bonds. The lowest BCUT2D eigenvalue weighted by molar-refractivity contribution is 0.372. The molecule has 1 saturated heterocycles. The second-order valence-corrected chi connectivity index (χ2v) is 8.90. The van der Waals surface area contributed by atoms with Crippen LogP contribution in [0.25, 0.3) is 11.5 Å². The Balaban J connectivity index is 1.56. The number of oxazole rings is 1. The van der Waals surface area contributed by atoms with E-state index in [1.165, 1.54) is 22.5 Å². The van der Waals surface area contributed by atoms with E-state index in [0.29, 0.717) is 10.6 Å². The highest BCUT2D eigenvalue weighted by molar-refractivity contribution is 7.89. The first-order valence-electron chi connectivity index (χ1n) is 9.07. The van der Waals surface area contributed by atoms with Gasteiger partial charge in [0.15, 0.2) is 0 Å². The molecule has 0 aliphatic carbocycles. The number of sulfonamides is 1. The Morgan fingerprint density at radius 2 is 1.73 bits per heavy atom. The minimum Gasteiger partial charge on any atom is -0.419 e. The zero-order valence-corrected chi connectivity index (χ0v) is 17.2. The normalized spacial score (nSPS) is 15.2. The van der Waals surface area contributed by atoms with E-state index < -0.39 is 15.8 Å². The topological polar surface area (TPSA) is 90.4 Å². The predicted molar refractivity (Wildman–Crippen MR) is 109 cm³/mol. The van der Waals surface area contributed by atoms with Crippen LogP contribution in [-0.2, 0) is 10.0 Å². The molecule has 0 unspecified atom stereocenters. The molecule has 1 aliphatic rings. The Morgan fingerprint density at radius 1 is 1.07 bits per heavy atom. The van der Waals surface area contributed by atoms with E-state index in [0.717, 1.165) is 6.07 Å². The van der Waals surface area contributed by atoms with Crippen LogP contribution < -0.4 is 4.90 Å². The van der Waals surface area contributed by atoms with Crippen LogP contribution >= 0.6 is 11.6 Å². The summed E-state index contributed by atoms with van der Waals surface area (Å²) in [5.74, 6) is -0.310. The van der Waals surface area contributed by atoms with Gasteiger partial charge in [-0.2, -0.15) is 14.6 Å². The van der Waals surface area contributed by atoms with Gasteiger partial charge in [-0.25, -0.2) is 12.8 Å². The molecule has 154 valence electrons. The van der Waals surface area contributed by atoms with Crippen LogP contribution in [0.15, 0.2) is 57.8 Å². The highest BCUT2D eigenvalue weighted by atomic mass is 35.5. The predicted octanol–water partition coefficient (Wildman–Crippen LogP) is 3.52. The van der Waals surface area contributed by atoms with Gasteiger partial charge < -0.3 is 9.32 Å². The van der Waals surface area contributed by atoms with Gasteiger partial charge in [0.1, 0.15) is 16.8 Å². The van der Waals surface area contributed by atoms with Gasteiger partial charge in [0.25, 0.3) is 0 Å². The Bertz CT molecular complexity index is 1230. The minimum absolute atomic E-state index is 0.0929. The molecule has 1 fully saturated rings. The highest BCUT2D eigenvalue weighted by Crippen LogP contribution is 2.33. The first-order valence-corrected chi connectivity index (χ1v) is 10.9. The van der Waals surface area contributed by atoms with Crippen molar-refractivity contribution in [2.24, 2.45) is 0 Å². The zero-order chi connectivity index (χ0) is 21.3. The summed E-state index contributed by atoms with van der Waals surface area (Å²) in [7, 11) is -3.95. The Morgan fingerprint density at radius 3 is 2.40 bits per heavy atom. The second-order valence-electron chi connectivity index (χ2n) is 6.59. The van der Waals surface area contributed by atoms with Crippen LogP contribution in [-0.4, -0.2) is 43.9 Å². The summed E-state index contributed by atoms with van der Waals surface area (Å²) < 4.78 is 46.6. The van der Waals surface area contributed by atoms with E-state index >= 15 is 0 Å². The van der Waals surface area contributed by atoms with Gasteiger partial charge >= 0.3 is 0 Å². The van der Waals surface area contributed by atoms with Crippen molar-refractivity contribution in [3.05, 3.63) is 65.1 Å². The molecule has 0 atom stereocenters. The number of hydrogen-bond donors (Lipinski definition) is 0. The van der Waals surface area contributed by atoms with Crippen molar-refractivity contribution in [3.8, 4) is 17.5 Å². The summed E-state index contributed by atoms with van der Waals surface area (Å²) in [6.45, 7) is 0.756. The smallest absolute Gasteiger partial charge is 0.246 e. The van der Waals surface area contributed by atoms with Crippen LogP contribution in [0.5, 0.6) is 0 Å². The first kappa shape index (κ1) is 20.3. The summed E-state index contributed by atoms with van der Waals surface area (Å²) >= 11 is 6.19. The van der Waals surface area contributed by atoms with Crippen LogP contribution in [0, 0.1) is 17.1 Å². The molecule has 30 heavy (non-hydrogen) atoms. The number of piperazine rings is 1. The molecule has 0 spiro atoms. The maximum absolute atomic E-state index is 14.0. The number of rotatable bonds is 4. The van der Waals surface area contributed by atoms with Crippen LogP contribution in [0.4, 0.5) is 10.3 Å². The van der Waals surface area contributed by atoms with Crippen molar-refractivity contribution in [2.45, 2.75) is 4.90 Å². The summed E-state index contributed by atoms with van der Waals surface area (Å²) in [6, 6.07) is 14.3. The van der Waals surface area contributed by atoms with Crippen molar-refractivity contribution >= 4 is 27.5 Å². The average molecular weight is 447 g/mol. The van der Waals surface area contributed by atoms with Gasteiger partial charge in [0.2, 0.25) is 27.5 Å². The second kappa shape index (κ2) is 8.07. The van der Waals surface area contributed by atoms with Gasteiger partial charge in [-0.3, -0.25) is 0 Å². The van der Waals surface area contributed by atoms with Crippen LogP contribution in [0.1, 0.15) is 5.69 Å². The number of anilines is 1. The average Bonchev–Trinajstić information content (AvgIpc) is 3.18. The fourth-order valence-corrected chi connectivity index (χ4v) is 4.98. The lowest BCUT2D eigenvalue weighted by Gasteiger charge is -2.33. The summed E-state index contributed by atoms with van der Waals surface area (Å²) in [6.07, 6.45) is 0. The van der Waals surface area contributed by atoms with Gasteiger partial charge in [-0.05, 0) is 24.3 Å². The molecule has 2 aromatic carbocycles. The van der Waals surface area contributed by atoms with Crippen molar-refractivity contribution in [3.63, 3.8) is 0 Å². The third-order valence-electron chi connectivity index (χ3n) is 4.80. The molecule has 0 radical (unpaired) electrons. The first-order chi connectivity index (χ1) is 14.4. The van der Waals surface area contributed by atoms with Crippen molar-refractivity contribution < 1.29 is 17.2 Å². The molecule has 2 heterocycles. The summed E-state index contributed by atoms with van der Waals surface area (Å²) in [4.78, 5) is 5.63. The molecule has 3 aromatic rings. The molecule has 1 aromatic heterocycles. The Labute approximate surface area is 178 Å². The largest absolute Gasteiger partial charge is 0.419 e. The number of nitriles is 1. The van der Waals surface area contributed by atoms with Crippen molar-refractivity contribution in [1.29, 1.82) is 5.26 Å². The minimum atomic E-state index is -3.95. The number of aromatic nitrogens is 1. The SMILES string of the molecule is N#Cc1nc(-c2ccccc2Cl)oc1N1CCN(S(=O)(=O)c2ccccc2F)CC1. The highest BCUT2D eigenvalue weighted by Gasteiger charge is 2.32. The van der Waals surface area contributed by atoms with E-state index in [9.17, 15) is 18.1 Å². The maximum atomic E-state index is 14.0. The lowest BCUT2D eigenvalue weighted by Crippen LogP contribution is -2.48. The fourth-order valence-electron chi connectivity index (χ4n) is 3.27. The van der Waals surface area contributed by atoms with E-state index in [4.69, 9.17) is 16.0 Å². The molecule has 10 heteroatoms. The summed E-state index contributed by atoms with van der Waals surface area (Å²) in [5.41, 5.74) is 0.651. The Kier molecular flexibility index (Phi) is 5.47. The molecule has 1 aliphatic heterocycles. The van der Waals surface area contributed by atoms with Gasteiger partial charge in [0.05, 0.1) is 10.6 Å². The third-order valence-corrected chi connectivity index (χ3v) is 7.06. The maximum Gasteiger partial charge on any atom is 0.246 e. The van der Waals surface area contributed by atoms with E-state index in [1.807, 2.05) is 6.07 Å². The fraction of sp³-hybridized carbons (Fsp3) is 0.200. The van der Waals surface area contributed by atoms with Crippen molar-refractivity contribution in [1.82, 2.24) is 9.29 Å².